The third-order valence-electron chi connectivity index (χ3n) is 2.81. The minimum absolute atomic E-state index is 0.0132. The molecule has 96 valence electrons. The molecule has 17 heavy (non-hydrogen) atoms. The lowest BCUT2D eigenvalue weighted by atomic mass is 10.3. The number of unbranched alkanes of at least 4 members (excludes halogenated alkanes) is 1. The molecule has 1 aromatic heterocycles. The summed E-state index contributed by atoms with van der Waals surface area (Å²) in [5.41, 5.74) is 1.60. The third-order valence-corrected chi connectivity index (χ3v) is 3.36. The van der Waals surface area contributed by atoms with Crippen LogP contribution in [0, 0.1) is 13.8 Å². The summed E-state index contributed by atoms with van der Waals surface area (Å²) in [6, 6.07) is -0.321. The quantitative estimate of drug-likeness (QED) is 0.825. The Hall–Kier alpha value is -1.03. The summed E-state index contributed by atoms with van der Waals surface area (Å²) in [6.45, 7) is 8.35. The summed E-state index contributed by atoms with van der Waals surface area (Å²) < 4.78 is 1.68. The first kappa shape index (κ1) is 14.0. The number of carbonyl (C=O) groups is 1. The second kappa shape index (κ2) is 6.05. The van der Waals surface area contributed by atoms with Crippen molar-refractivity contribution in [3.05, 3.63) is 16.4 Å². The van der Waals surface area contributed by atoms with Gasteiger partial charge >= 0.3 is 0 Å². The first-order chi connectivity index (χ1) is 7.99. The van der Waals surface area contributed by atoms with Crippen LogP contribution in [0.3, 0.4) is 0 Å². The van der Waals surface area contributed by atoms with Gasteiger partial charge < -0.3 is 5.32 Å². The summed E-state index contributed by atoms with van der Waals surface area (Å²) >= 11 is 6.06. The first-order valence-electron chi connectivity index (χ1n) is 5.98. The average molecular weight is 258 g/mol. The molecule has 0 saturated carbocycles. The monoisotopic (exact) mass is 257 g/mol. The molecule has 0 bridgehead atoms. The molecule has 0 aromatic carbocycles. The van der Waals surface area contributed by atoms with Gasteiger partial charge in [-0.2, -0.15) is 5.10 Å². The molecule has 1 N–H and O–H groups in total. The molecular weight excluding hydrogens is 238 g/mol. The molecule has 1 rings (SSSR count). The Bertz CT molecular complexity index is 401. The van der Waals surface area contributed by atoms with Crippen LogP contribution in [0.4, 0.5) is 0 Å². The highest BCUT2D eigenvalue weighted by Gasteiger charge is 2.19. The Labute approximate surface area is 107 Å². The maximum Gasteiger partial charge on any atom is 0.244 e. The van der Waals surface area contributed by atoms with Gasteiger partial charge in [-0.05, 0) is 27.2 Å². The maximum atomic E-state index is 11.9. The molecule has 1 heterocycles. The highest BCUT2D eigenvalue weighted by atomic mass is 35.5. The van der Waals surface area contributed by atoms with Crippen LogP contribution in [0.5, 0.6) is 0 Å². The van der Waals surface area contributed by atoms with Gasteiger partial charge in [0.1, 0.15) is 6.04 Å². The number of rotatable bonds is 5. The van der Waals surface area contributed by atoms with E-state index in [1.165, 1.54) is 0 Å². The van der Waals surface area contributed by atoms with Crippen molar-refractivity contribution < 1.29 is 4.79 Å². The number of aromatic nitrogens is 2. The smallest absolute Gasteiger partial charge is 0.244 e. The molecule has 0 radical (unpaired) electrons. The van der Waals surface area contributed by atoms with E-state index < -0.39 is 0 Å². The predicted octanol–water partition coefficient (Wildman–Crippen LogP) is 2.63. The summed E-state index contributed by atoms with van der Waals surface area (Å²) in [7, 11) is 0. The van der Waals surface area contributed by atoms with E-state index in [0.29, 0.717) is 11.6 Å². The summed E-state index contributed by atoms with van der Waals surface area (Å²) in [5.74, 6) is -0.0132. The van der Waals surface area contributed by atoms with Crippen LogP contribution in [-0.4, -0.2) is 22.2 Å². The van der Waals surface area contributed by atoms with Gasteiger partial charge in [-0.1, -0.05) is 24.9 Å². The van der Waals surface area contributed by atoms with Crippen molar-refractivity contribution in [3.8, 4) is 0 Å². The summed E-state index contributed by atoms with van der Waals surface area (Å²) in [4.78, 5) is 11.9. The van der Waals surface area contributed by atoms with Crippen LogP contribution >= 0.6 is 11.6 Å². The van der Waals surface area contributed by atoms with Crippen molar-refractivity contribution in [1.82, 2.24) is 15.1 Å². The highest BCUT2D eigenvalue weighted by Crippen LogP contribution is 2.22. The van der Waals surface area contributed by atoms with Crippen LogP contribution in [-0.2, 0) is 4.79 Å². The third kappa shape index (κ3) is 3.22. The van der Waals surface area contributed by atoms with Crippen LogP contribution < -0.4 is 5.32 Å². The molecule has 0 spiro atoms. The van der Waals surface area contributed by atoms with Crippen molar-refractivity contribution in [2.24, 2.45) is 0 Å². The van der Waals surface area contributed by atoms with E-state index in [9.17, 15) is 4.79 Å². The number of hydrogen-bond acceptors (Lipinski definition) is 2. The van der Waals surface area contributed by atoms with Gasteiger partial charge in [-0.15, -0.1) is 0 Å². The lowest BCUT2D eigenvalue weighted by Crippen LogP contribution is -2.32. The first-order valence-corrected chi connectivity index (χ1v) is 6.35. The normalized spacial score (nSPS) is 12.5. The molecule has 0 aliphatic heterocycles. The molecule has 5 heteroatoms. The molecule has 0 fully saturated rings. The van der Waals surface area contributed by atoms with Gasteiger partial charge in [0, 0.05) is 6.54 Å². The van der Waals surface area contributed by atoms with Gasteiger partial charge in [0.15, 0.2) is 0 Å². The molecule has 0 aliphatic carbocycles. The van der Waals surface area contributed by atoms with E-state index in [1.807, 2.05) is 20.8 Å². The molecule has 1 aromatic rings. The number of amides is 1. The van der Waals surface area contributed by atoms with Crippen molar-refractivity contribution in [2.45, 2.75) is 46.6 Å². The zero-order chi connectivity index (χ0) is 13.0. The van der Waals surface area contributed by atoms with Crippen LogP contribution in [0.15, 0.2) is 0 Å². The Morgan fingerprint density at radius 3 is 2.65 bits per heavy atom. The van der Waals surface area contributed by atoms with Crippen molar-refractivity contribution in [2.75, 3.05) is 6.54 Å². The van der Waals surface area contributed by atoms with Crippen LogP contribution in [0.2, 0.25) is 5.02 Å². The number of carbonyl (C=O) groups excluding carboxylic acids is 1. The standard InChI is InChI=1S/C12H20ClN3O/c1-5-6-7-14-12(17)10(4)16-9(3)11(13)8(2)15-16/h10H,5-7H2,1-4H3,(H,14,17). The maximum absolute atomic E-state index is 11.9. The van der Waals surface area contributed by atoms with Gasteiger partial charge in [-0.25, -0.2) is 0 Å². The van der Waals surface area contributed by atoms with Gasteiger partial charge in [0.2, 0.25) is 5.91 Å². The number of halogens is 1. The minimum atomic E-state index is -0.321. The average Bonchev–Trinajstić information content (AvgIpc) is 2.56. The lowest BCUT2D eigenvalue weighted by Gasteiger charge is -2.14. The van der Waals surface area contributed by atoms with E-state index >= 15 is 0 Å². The SMILES string of the molecule is CCCCNC(=O)C(C)n1nc(C)c(Cl)c1C. The van der Waals surface area contributed by atoms with E-state index in [2.05, 4.69) is 17.3 Å². The lowest BCUT2D eigenvalue weighted by molar-refractivity contribution is -0.124. The number of nitrogens with zero attached hydrogens (tertiary/aromatic N) is 2. The van der Waals surface area contributed by atoms with Crippen molar-refractivity contribution in [3.63, 3.8) is 0 Å². The molecule has 0 saturated heterocycles. The van der Waals surface area contributed by atoms with Crippen LogP contribution in [0.1, 0.15) is 44.1 Å². The Morgan fingerprint density at radius 2 is 2.18 bits per heavy atom. The fourth-order valence-electron chi connectivity index (χ4n) is 1.67. The minimum Gasteiger partial charge on any atom is -0.354 e. The Balaban J connectivity index is 2.71. The van der Waals surface area contributed by atoms with Crippen molar-refractivity contribution >= 4 is 17.5 Å². The molecule has 0 aliphatic rings. The predicted molar refractivity (Wildman–Crippen MR) is 69.3 cm³/mol. The number of aryl methyl sites for hydroxylation is 1. The second-order valence-electron chi connectivity index (χ2n) is 4.25. The zero-order valence-corrected chi connectivity index (χ0v) is 11.6. The fraction of sp³-hybridized carbons (Fsp3) is 0.667. The van der Waals surface area contributed by atoms with E-state index in [0.717, 1.165) is 24.2 Å². The van der Waals surface area contributed by atoms with E-state index in [-0.39, 0.29) is 11.9 Å². The van der Waals surface area contributed by atoms with E-state index in [4.69, 9.17) is 11.6 Å². The topological polar surface area (TPSA) is 46.9 Å². The van der Waals surface area contributed by atoms with Crippen molar-refractivity contribution in [1.29, 1.82) is 0 Å². The highest BCUT2D eigenvalue weighted by molar-refractivity contribution is 6.31. The summed E-state index contributed by atoms with van der Waals surface area (Å²) in [5, 5.41) is 7.82. The molecular formula is C12H20ClN3O. The van der Waals surface area contributed by atoms with Gasteiger partial charge in [0.25, 0.3) is 0 Å². The van der Waals surface area contributed by atoms with E-state index in [1.54, 1.807) is 4.68 Å². The van der Waals surface area contributed by atoms with Crippen LogP contribution in [0.25, 0.3) is 0 Å². The zero-order valence-electron chi connectivity index (χ0n) is 10.9. The largest absolute Gasteiger partial charge is 0.354 e. The fourth-order valence-corrected chi connectivity index (χ4v) is 1.79. The van der Waals surface area contributed by atoms with Gasteiger partial charge in [0.05, 0.1) is 16.4 Å². The number of nitrogens with one attached hydrogen (secondary N) is 1. The molecule has 1 atom stereocenters. The van der Waals surface area contributed by atoms with Gasteiger partial charge in [-0.3, -0.25) is 9.48 Å². The summed E-state index contributed by atoms with van der Waals surface area (Å²) in [6.07, 6.45) is 2.07. The Morgan fingerprint density at radius 1 is 1.53 bits per heavy atom. The second-order valence-corrected chi connectivity index (χ2v) is 4.63. The molecule has 1 amide bonds. The number of hydrogen-bond donors (Lipinski definition) is 1. The Kier molecular flexibility index (Phi) is 5.00. The molecule has 4 nitrogen and oxygen atoms in total. The molecule has 1 unspecified atom stereocenters.